The van der Waals surface area contributed by atoms with Crippen LogP contribution in [0.1, 0.15) is 30.5 Å². The van der Waals surface area contributed by atoms with Gasteiger partial charge in [0, 0.05) is 6.54 Å². The van der Waals surface area contributed by atoms with Crippen molar-refractivity contribution < 1.29 is 35.7 Å². The lowest BCUT2D eigenvalue weighted by Gasteiger charge is -2.22. The minimum atomic E-state index is -4.37. The summed E-state index contributed by atoms with van der Waals surface area (Å²) in [6.45, 7) is 4.08. The normalized spacial score (nSPS) is 12.0. The molecule has 0 aliphatic carbocycles. The van der Waals surface area contributed by atoms with Gasteiger partial charge in [0.15, 0.2) is 0 Å². The van der Waals surface area contributed by atoms with Crippen LogP contribution in [0, 0.1) is 0 Å². The molecule has 2 aromatic carbocycles. The van der Waals surface area contributed by atoms with Crippen LogP contribution in [-0.2, 0) is 34.1 Å². The highest BCUT2D eigenvalue weighted by Crippen LogP contribution is 2.29. The second kappa shape index (κ2) is 11.3. The maximum absolute atomic E-state index is 12.7. The Morgan fingerprint density at radius 2 is 1.66 bits per heavy atom. The van der Waals surface area contributed by atoms with Gasteiger partial charge in [-0.05, 0) is 55.7 Å². The van der Waals surface area contributed by atoms with Crippen molar-refractivity contribution in [1.82, 2.24) is 5.32 Å². The largest absolute Gasteiger partial charge is 0.489 e. The number of amides is 1. The fraction of sp³-hybridized carbons (Fsp3) is 0.381. The highest BCUT2D eigenvalue weighted by molar-refractivity contribution is 7.85. The molecule has 11 heteroatoms. The van der Waals surface area contributed by atoms with E-state index in [9.17, 15) is 26.4 Å². The molecule has 32 heavy (non-hydrogen) atoms. The van der Waals surface area contributed by atoms with Crippen molar-refractivity contribution in [2.24, 2.45) is 5.73 Å². The van der Waals surface area contributed by atoms with Gasteiger partial charge in [-0.15, -0.1) is 0 Å². The molecule has 0 saturated heterocycles. The van der Waals surface area contributed by atoms with Gasteiger partial charge >= 0.3 is 6.18 Å². The Balaban J connectivity index is 0.000000920. The summed E-state index contributed by atoms with van der Waals surface area (Å²) in [5.74, 6) is 0.155. The maximum Gasteiger partial charge on any atom is 0.416 e. The first kappa shape index (κ1) is 27.4. The minimum absolute atomic E-state index is 0.0532. The van der Waals surface area contributed by atoms with E-state index in [1.807, 2.05) is 12.1 Å². The van der Waals surface area contributed by atoms with E-state index in [-0.39, 0.29) is 6.61 Å². The molecule has 0 aliphatic rings. The zero-order valence-electron chi connectivity index (χ0n) is 17.9. The van der Waals surface area contributed by atoms with Crippen LogP contribution >= 0.6 is 0 Å². The second-order valence-corrected chi connectivity index (χ2v) is 9.00. The summed E-state index contributed by atoms with van der Waals surface area (Å²) in [5.41, 5.74) is 5.33. The van der Waals surface area contributed by atoms with Gasteiger partial charge in [0.2, 0.25) is 5.91 Å². The van der Waals surface area contributed by atoms with Gasteiger partial charge in [-0.2, -0.15) is 21.6 Å². The third-order valence-electron chi connectivity index (χ3n) is 4.18. The highest BCUT2D eigenvalue weighted by atomic mass is 32.2. The Bertz CT molecular complexity index is 983. The summed E-state index contributed by atoms with van der Waals surface area (Å²) in [7, 11) is -3.67. The molecule has 4 N–H and O–H groups in total. The molecule has 0 aliphatic heterocycles. The molecular formula is C21H27F3N2O5S. The summed E-state index contributed by atoms with van der Waals surface area (Å²) >= 11 is 0. The van der Waals surface area contributed by atoms with Crippen LogP contribution in [0.25, 0.3) is 0 Å². The third-order valence-corrected chi connectivity index (χ3v) is 4.18. The van der Waals surface area contributed by atoms with E-state index in [2.05, 4.69) is 5.32 Å². The quantitative estimate of drug-likeness (QED) is 0.504. The molecule has 0 aromatic heterocycles. The number of carbonyl (C=O) groups excluding carboxylic acids is 1. The first-order chi connectivity index (χ1) is 14.6. The smallest absolute Gasteiger partial charge is 0.416 e. The van der Waals surface area contributed by atoms with E-state index >= 15 is 0 Å². The molecule has 0 atom stereocenters. The zero-order valence-corrected chi connectivity index (χ0v) is 18.8. The number of halogens is 3. The number of nitrogens with one attached hydrogen (secondary N) is 1. The Hall–Kier alpha value is -2.63. The lowest BCUT2D eigenvalue weighted by Crippen LogP contribution is -2.51. The summed E-state index contributed by atoms with van der Waals surface area (Å²) in [6.07, 6.45) is -2.95. The molecule has 0 radical (unpaired) electrons. The van der Waals surface area contributed by atoms with Crippen molar-refractivity contribution in [3.8, 4) is 5.75 Å². The summed E-state index contributed by atoms with van der Waals surface area (Å²) in [6, 6.07) is 12.4. The molecule has 7 nitrogen and oxygen atoms in total. The van der Waals surface area contributed by atoms with E-state index < -0.39 is 33.3 Å². The number of hydrogen-bond acceptors (Lipinski definition) is 5. The van der Waals surface area contributed by atoms with E-state index in [0.29, 0.717) is 30.5 Å². The zero-order chi connectivity index (χ0) is 24.6. The van der Waals surface area contributed by atoms with Crippen LogP contribution < -0.4 is 15.8 Å². The monoisotopic (exact) mass is 476 g/mol. The maximum atomic E-state index is 12.7. The minimum Gasteiger partial charge on any atom is -0.489 e. The summed E-state index contributed by atoms with van der Waals surface area (Å²) in [5, 5.41) is 3.09. The Morgan fingerprint density at radius 1 is 1.09 bits per heavy atom. The van der Waals surface area contributed by atoms with Gasteiger partial charge in [-0.1, -0.05) is 24.3 Å². The number of hydrogen-bond donors (Lipinski definition) is 3. The van der Waals surface area contributed by atoms with Gasteiger partial charge in [0.25, 0.3) is 10.1 Å². The van der Waals surface area contributed by atoms with Crippen molar-refractivity contribution >= 4 is 16.0 Å². The fourth-order valence-corrected chi connectivity index (χ4v) is 2.36. The fourth-order valence-electron chi connectivity index (χ4n) is 2.36. The molecule has 0 heterocycles. The van der Waals surface area contributed by atoms with E-state index in [1.165, 1.54) is 6.07 Å². The van der Waals surface area contributed by atoms with Crippen LogP contribution in [0.2, 0.25) is 0 Å². The van der Waals surface area contributed by atoms with E-state index in [1.54, 1.807) is 32.0 Å². The second-order valence-electron chi connectivity index (χ2n) is 7.53. The molecule has 0 saturated carbocycles. The molecule has 0 unspecified atom stereocenters. The molecule has 0 spiro atoms. The number of nitrogens with two attached hydrogens (primary N) is 1. The number of alkyl halides is 3. The molecule has 2 aromatic rings. The molecule has 178 valence electrons. The standard InChI is InChI=1S/C20H23F3N2O2.CH4O3S/c1-19(2,18(24)26)25-11-10-14-6-8-17(9-7-14)27-13-15-4-3-5-16(12-15)20(21,22)23;1-5(2,3)4/h3-9,12,25H,10-11,13H2,1-2H3,(H2,24,26);1H3,(H,2,3,4). The van der Waals surface area contributed by atoms with Crippen LogP contribution in [0.15, 0.2) is 48.5 Å². The van der Waals surface area contributed by atoms with E-state index in [0.717, 1.165) is 17.7 Å². The van der Waals surface area contributed by atoms with Crippen molar-refractivity contribution in [1.29, 1.82) is 0 Å². The molecular weight excluding hydrogens is 449 g/mol. The average molecular weight is 477 g/mol. The van der Waals surface area contributed by atoms with Crippen molar-refractivity contribution in [3.63, 3.8) is 0 Å². The lowest BCUT2D eigenvalue weighted by molar-refractivity contribution is -0.137. The van der Waals surface area contributed by atoms with Crippen LogP contribution in [-0.4, -0.2) is 37.2 Å². The van der Waals surface area contributed by atoms with E-state index in [4.69, 9.17) is 15.0 Å². The van der Waals surface area contributed by atoms with Gasteiger partial charge < -0.3 is 15.8 Å². The molecule has 0 bridgehead atoms. The predicted octanol–water partition coefficient (Wildman–Crippen LogP) is 3.18. The molecule has 0 fully saturated rings. The van der Waals surface area contributed by atoms with Crippen LogP contribution in [0.4, 0.5) is 13.2 Å². The number of carbonyl (C=O) groups is 1. The third kappa shape index (κ3) is 11.1. The van der Waals surface area contributed by atoms with Gasteiger partial charge in [-0.25, -0.2) is 0 Å². The average Bonchev–Trinajstić information content (AvgIpc) is 2.65. The molecule has 2 rings (SSSR count). The number of rotatable bonds is 8. The van der Waals surface area contributed by atoms with Crippen LogP contribution in [0.3, 0.4) is 0 Å². The highest BCUT2D eigenvalue weighted by Gasteiger charge is 2.30. The lowest BCUT2D eigenvalue weighted by atomic mass is 10.0. The number of benzene rings is 2. The van der Waals surface area contributed by atoms with Gasteiger partial charge in [-0.3, -0.25) is 9.35 Å². The van der Waals surface area contributed by atoms with Gasteiger partial charge in [0.05, 0.1) is 17.4 Å². The molecule has 1 amide bonds. The topological polar surface area (TPSA) is 119 Å². The van der Waals surface area contributed by atoms with Gasteiger partial charge in [0.1, 0.15) is 12.4 Å². The Morgan fingerprint density at radius 3 is 2.16 bits per heavy atom. The first-order valence-electron chi connectivity index (χ1n) is 9.43. The SMILES string of the molecule is CC(C)(NCCc1ccc(OCc2cccc(C(F)(F)F)c2)cc1)C(N)=O.CS(=O)(=O)O. The summed E-state index contributed by atoms with van der Waals surface area (Å²) < 4.78 is 69.6. The summed E-state index contributed by atoms with van der Waals surface area (Å²) in [4.78, 5) is 11.3. The predicted molar refractivity (Wildman–Crippen MR) is 115 cm³/mol. The number of ether oxygens (including phenoxy) is 1. The first-order valence-corrected chi connectivity index (χ1v) is 11.3. The Kier molecular flexibility index (Phi) is 9.68. The van der Waals surface area contributed by atoms with Crippen molar-refractivity contribution in [2.45, 2.75) is 38.6 Å². The number of primary amides is 1. The van der Waals surface area contributed by atoms with Crippen molar-refractivity contribution in [2.75, 3.05) is 12.8 Å². The van der Waals surface area contributed by atoms with Crippen LogP contribution in [0.5, 0.6) is 5.75 Å². The Labute approximate surface area is 185 Å². The van der Waals surface area contributed by atoms with Crippen molar-refractivity contribution in [3.05, 3.63) is 65.2 Å².